The van der Waals surface area contributed by atoms with Gasteiger partial charge in [-0.05, 0) is 23.3 Å². The molecule has 7 nitrogen and oxygen atoms in total. The molecule has 0 heterocycles. The largest absolute Gasteiger partial charge is 0.493 e. The monoisotopic (exact) mass is 434 g/mol. The second kappa shape index (κ2) is 10.9. The highest BCUT2D eigenvalue weighted by Crippen LogP contribution is 2.39. The molecule has 3 aromatic rings. The van der Waals surface area contributed by atoms with Crippen molar-refractivity contribution in [1.82, 2.24) is 5.32 Å². The lowest BCUT2D eigenvalue weighted by Crippen LogP contribution is -2.45. The Labute approximate surface area is 187 Å². The van der Waals surface area contributed by atoms with Crippen molar-refractivity contribution >= 4 is 11.8 Å². The number of carbonyl (C=O) groups excluding carboxylic acids is 2. The van der Waals surface area contributed by atoms with Crippen LogP contribution >= 0.6 is 0 Å². The molecular weight excluding hydrogens is 408 g/mol. The molecule has 0 bridgehead atoms. The van der Waals surface area contributed by atoms with Crippen molar-refractivity contribution in [3.05, 3.63) is 89.5 Å². The Morgan fingerprint density at radius 1 is 0.875 bits per heavy atom. The number of carbonyl (C=O) groups is 2. The zero-order chi connectivity index (χ0) is 22.9. The van der Waals surface area contributed by atoms with Crippen LogP contribution in [0, 0.1) is 0 Å². The van der Waals surface area contributed by atoms with Crippen molar-refractivity contribution in [1.29, 1.82) is 0 Å². The molecule has 32 heavy (non-hydrogen) atoms. The first-order valence-corrected chi connectivity index (χ1v) is 10.1. The Morgan fingerprint density at radius 3 is 1.91 bits per heavy atom. The van der Waals surface area contributed by atoms with E-state index in [1.165, 1.54) is 14.2 Å². The number of nitrogens with one attached hydrogen (secondary N) is 1. The van der Waals surface area contributed by atoms with Crippen LogP contribution in [-0.4, -0.2) is 32.1 Å². The zero-order valence-corrected chi connectivity index (χ0v) is 18.0. The van der Waals surface area contributed by atoms with Crippen LogP contribution in [0.1, 0.15) is 21.5 Å². The van der Waals surface area contributed by atoms with Gasteiger partial charge in [-0.15, -0.1) is 0 Å². The lowest BCUT2D eigenvalue weighted by Gasteiger charge is -2.18. The summed E-state index contributed by atoms with van der Waals surface area (Å²) in [5.41, 5.74) is 7.63. The molecule has 0 spiro atoms. The number of amides is 2. The van der Waals surface area contributed by atoms with Gasteiger partial charge in [0.1, 0.15) is 12.6 Å². The van der Waals surface area contributed by atoms with Crippen LogP contribution in [0.15, 0.2) is 72.8 Å². The van der Waals surface area contributed by atoms with Crippen LogP contribution in [-0.2, 0) is 17.8 Å². The number of hydrogen-bond donors (Lipinski definition) is 2. The van der Waals surface area contributed by atoms with E-state index in [-0.39, 0.29) is 12.0 Å². The molecule has 166 valence electrons. The Bertz CT molecular complexity index is 1030. The molecule has 7 heteroatoms. The van der Waals surface area contributed by atoms with Crippen molar-refractivity contribution in [3.8, 4) is 17.2 Å². The third-order valence-electron chi connectivity index (χ3n) is 4.88. The maximum absolute atomic E-state index is 12.9. The minimum absolute atomic E-state index is 0.255. The maximum atomic E-state index is 12.9. The Hall–Kier alpha value is -4.00. The van der Waals surface area contributed by atoms with Crippen LogP contribution in [0.4, 0.5) is 0 Å². The minimum atomic E-state index is -0.865. The summed E-state index contributed by atoms with van der Waals surface area (Å²) in [5.74, 6) is -0.0424. The van der Waals surface area contributed by atoms with Crippen LogP contribution in [0.25, 0.3) is 0 Å². The number of ether oxygens (including phenoxy) is 3. The molecular formula is C25H26N2O5. The summed E-state index contributed by atoms with van der Waals surface area (Å²) in [6.07, 6.45) is 0.286. The molecule has 3 aromatic carbocycles. The fourth-order valence-corrected chi connectivity index (χ4v) is 3.20. The number of rotatable bonds is 10. The molecule has 1 atom stereocenters. The van der Waals surface area contributed by atoms with Gasteiger partial charge in [0.05, 0.1) is 14.2 Å². The van der Waals surface area contributed by atoms with Gasteiger partial charge in [0.25, 0.3) is 5.91 Å². The third-order valence-corrected chi connectivity index (χ3v) is 4.88. The maximum Gasteiger partial charge on any atom is 0.252 e. The molecule has 3 rings (SSSR count). The Morgan fingerprint density at radius 2 is 1.41 bits per heavy atom. The van der Waals surface area contributed by atoms with Gasteiger partial charge in [-0.2, -0.15) is 0 Å². The van der Waals surface area contributed by atoms with Gasteiger partial charge >= 0.3 is 0 Å². The smallest absolute Gasteiger partial charge is 0.252 e. The summed E-state index contributed by atoms with van der Waals surface area (Å²) in [6, 6.07) is 21.2. The van der Waals surface area contributed by atoms with Crippen LogP contribution in [0.2, 0.25) is 0 Å². The van der Waals surface area contributed by atoms with Gasteiger partial charge in [0, 0.05) is 12.0 Å². The van der Waals surface area contributed by atoms with Crippen LogP contribution in [0.5, 0.6) is 17.2 Å². The molecule has 0 aromatic heterocycles. The number of methoxy groups -OCH3 is 2. The van der Waals surface area contributed by atoms with Gasteiger partial charge in [-0.3, -0.25) is 9.59 Å². The van der Waals surface area contributed by atoms with Gasteiger partial charge in [-0.25, -0.2) is 0 Å². The van der Waals surface area contributed by atoms with Gasteiger partial charge in [0.2, 0.25) is 11.7 Å². The topological polar surface area (TPSA) is 99.9 Å². The van der Waals surface area contributed by atoms with Crippen LogP contribution in [0.3, 0.4) is 0 Å². The van der Waals surface area contributed by atoms with E-state index in [9.17, 15) is 9.59 Å². The molecule has 0 fully saturated rings. The third kappa shape index (κ3) is 5.78. The summed E-state index contributed by atoms with van der Waals surface area (Å²) in [6.45, 7) is 0.305. The first-order valence-electron chi connectivity index (χ1n) is 10.1. The first kappa shape index (κ1) is 22.7. The Balaban J connectivity index is 1.80. The second-order valence-corrected chi connectivity index (χ2v) is 7.10. The molecule has 3 N–H and O–H groups in total. The van der Waals surface area contributed by atoms with Crippen molar-refractivity contribution in [2.75, 3.05) is 14.2 Å². The lowest BCUT2D eigenvalue weighted by molar-refractivity contribution is -0.119. The molecule has 0 radical (unpaired) electrons. The predicted molar refractivity (Wildman–Crippen MR) is 121 cm³/mol. The fraction of sp³-hybridized carbons (Fsp3) is 0.200. The molecule has 0 saturated carbocycles. The number of nitrogens with two attached hydrogens (primary N) is 1. The number of hydrogen-bond acceptors (Lipinski definition) is 5. The highest BCUT2D eigenvalue weighted by Gasteiger charge is 2.22. The number of primary amides is 1. The molecule has 0 aliphatic heterocycles. The first-order chi connectivity index (χ1) is 15.5. The van der Waals surface area contributed by atoms with E-state index in [4.69, 9.17) is 19.9 Å². The molecule has 2 amide bonds. The van der Waals surface area contributed by atoms with Crippen molar-refractivity contribution in [3.63, 3.8) is 0 Å². The summed E-state index contributed by atoms with van der Waals surface area (Å²) >= 11 is 0. The minimum Gasteiger partial charge on any atom is -0.493 e. The quantitative estimate of drug-likeness (QED) is 0.511. The van der Waals surface area contributed by atoms with Gasteiger partial charge < -0.3 is 25.3 Å². The summed E-state index contributed by atoms with van der Waals surface area (Å²) < 4.78 is 16.8. The standard InChI is InChI=1S/C25H26N2O5/c1-30-21-14-19(15-22(31-2)23(21)32-16-18-11-7-4-8-12-18)25(29)27-20(24(26)28)13-17-9-5-3-6-10-17/h3-12,14-15,20H,13,16H2,1-2H3,(H2,26,28)(H,27,29). The lowest BCUT2D eigenvalue weighted by atomic mass is 10.0. The summed E-state index contributed by atoms with van der Waals surface area (Å²) in [5, 5.41) is 2.70. The van der Waals surface area contributed by atoms with E-state index in [1.807, 2.05) is 60.7 Å². The van der Waals surface area contributed by atoms with E-state index in [2.05, 4.69) is 5.32 Å². The molecule has 1 unspecified atom stereocenters. The van der Waals surface area contributed by atoms with E-state index < -0.39 is 17.9 Å². The predicted octanol–water partition coefficient (Wildman–Crippen LogP) is 3.11. The fourth-order valence-electron chi connectivity index (χ4n) is 3.20. The average molecular weight is 434 g/mol. The van der Waals surface area contributed by atoms with Gasteiger partial charge in [0.15, 0.2) is 11.5 Å². The zero-order valence-electron chi connectivity index (χ0n) is 18.0. The van der Waals surface area contributed by atoms with E-state index in [0.717, 1.165) is 11.1 Å². The Kier molecular flexibility index (Phi) is 7.70. The highest BCUT2D eigenvalue weighted by atomic mass is 16.5. The van der Waals surface area contributed by atoms with E-state index in [1.54, 1.807) is 12.1 Å². The average Bonchev–Trinajstić information content (AvgIpc) is 2.82. The van der Waals surface area contributed by atoms with E-state index in [0.29, 0.717) is 23.9 Å². The van der Waals surface area contributed by atoms with Crippen molar-refractivity contribution in [2.45, 2.75) is 19.1 Å². The van der Waals surface area contributed by atoms with Gasteiger partial charge in [-0.1, -0.05) is 60.7 Å². The molecule has 0 saturated heterocycles. The highest BCUT2D eigenvalue weighted by molar-refractivity contribution is 5.98. The summed E-state index contributed by atoms with van der Waals surface area (Å²) in [4.78, 5) is 24.8. The second-order valence-electron chi connectivity index (χ2n) is 7.10. The summed E-state index contributed by atoms with van der Waals surface area (Å²) in [7, 11) is 2.96. The number of benzene rings is 3. The normalized spacial score (nSPS) is 11.3. The molecule has 0 aliphatic carbocycles. The van der Waals surface area contributed by atoms with Crippen LogP contribution < -0.4 is 25.3 Å². The van der Waals surface area contributed by atoms with Crippen molar-refractivity contribution in [2.24, 2.45) is 5.73 Å². The molecule has 0 aliphatic rings. The SMILES string of the molecule is COc1cc(C(=O)NC(Cc2ccccc2)C(N)=O)cc(OC)c1OCc1ccccc1. The van der Waals surface area contributed by atoms with E-state index >= 15 is 0 Å². The van der Waals surface area contributed by atoms with Crippen molar-refractivity contribution < 1.29 is 23.8 Å².